The molecule has 0 bridgehead atoms. The van der Waals surface area contributed by atoms with Crippen molar-refractivity contribution >= 4 is 85.6 Å². The Labute approximate surface area is 908 Å². The number of benzene rings is 7. The lowest BCUT2D eigenvalue weighted by Gasteiger charge is -2.20. The standard InChI is InChI=1S/2C14H20N2O.C14H18N2O.2C13H20N2.C13H18N2.C8H7N.19C2H6.CH4.ClH/c3*1-11(2)15-14(17)8-10-16-9-7-12-5-3-4-6-13(12)16;3*1-11(2)14-8-10-15-9-7-12-5-3-4-6-13(12)15;1-2-4-8-7(3-1)5-6-9-8;19*1-2;;/h2*3-6,11H,7-10H2,1-2H3,(H,15,17);3-7,9,11H,8,10H2,1-2H3,(H,15,17);2*3-6,11,14H,7-10H2,1-2H3;3-7,9,11,14H,8,10H2,1-2H3;1-6,9H;19*1-2H3;1H4;1H. The predicted octanol–water partition coefficient (Wildman–Crippen LogP) is 35.9. The Kier molecular flexibility index (Phi) is 144. The van der Waals surface area contributed by atoms with Crippen LogP contribution in [0.25, 0.3) is 32.7 Å². The third kappa shape index (κ3) is 79.7. The number of para-hydroxylation sites is 7. The van der Waals surface area contributed by atoms with Crippen LogP contribution >= 0.6 is 12.4 Å². The molecule has 0 saturated heterocycles. The summed E-state index contributed by atoms with van der Waals surface area (Å²) in [5.74, 6) is 0.395. The number of carbonyl (C=O) groups is 3. The van der Waals surface area contributed by atoms with E-state index < -0.39 is 0 Å². The molecule has 7 heterocycles. The molecule has 0 aliphatic carbocycles. The van der Waals surface area contributed by atoms with Crippen LogP contribution in [0.4, 0.5) is 22.7 Å². The molecular formula is C128H242ClN13O3. The van der Waals surface area contributed by atoms with E-state index in [0.717, 1.165) is 84.8 Å². The van der Waals surface area contributed by atoms with Gasteiger partial charge in [0.2, 0.25) is 17.7 Å². The highest BCUT2D eigenvalue weighted by atomic mass is 35.5. The topological polar surface area (TPSA) is 162 Å². The third-order valence-corrected chi connectivity index (χ3v) is 18.7. The Hall–Kier alpha value is -9.06. The van der Waals surface area contributed by atoms with Gasteiger partial charge in [-0.2, -0.15) is 0 Å². The molecule has 4 aliphatic heterocycles. The number of hydrogen-bond donors (Lipinski definition) is 7. The highest BCUT2D eigenvalue weighted by Gasteiger charge is 2.22. The molecule has 14 rings (SSSR count). The van der Waals surface area contributed by atoms with Crippen molar-refractivity contribution < 1.29 is 14.4 Å². The van der Waals surface area contributed by atoms with Crippen molar-refractivity contribution in [3.8, 4) is 0 Å². The van der Waals surface area contributed by atoms with Gasteiger partial charge in [0.25, 0.3) is 0 Å². The van der Waals surface area contributed by atoms with Crippen LogP contribution in [0.3, 0.4) is 0 Å². The number of aromatic amines is 1. The molecule has 0 radical (unpaired) electrons. The summed E-state index contributed by atoms with van der Waals surface area (Å²) < 4.78 is 4.42. The van der Waals surface area contributed by atoms with Crippen molar-refractivity contribution in [3.63, 3.8) is 0 Å². The van der Waals surface area contributed by atoms with Crippen molar-refractivity contribution in [3.05, 3.63) is 229 Å². The number of aryl methyl sites for hydroxylation is 1. The molecule has 0 atom stereocenters. The summed E-state index contributed by atoms with van der Waals surface area (Å²) in [6.45, 7) is 114. The fraction of sp³-hybridized carbons (Fsp3) is 0.602. The Morgan fingerprint density at radius 1 is 0.255 bits per heavy atom. The number of fused-ring (bicyclic) bond motifs is 7. The number of halogens is 1. The van der Waals surface area contributed by atoms with Crippen molar-refractivity contribution in [2.75, 3.05) is 91.6 Å². The van der Waals surface area contributed by atoms with Crippen LogP contribution in [0, 0.1) is 0 Å². The molecule has 17 heteroatoms. The van der Waals surface area contributed by atoms with Gasteiger partial charge >= 0.3 is 0 Å². The molecule has 0 spiro atoms. The SMILES string of the molecule is C.CC.CC.CC.CC.CC.CC.CC.CC.CC.CC.CC.CC.CC.CC.CC.CC.CC.CC.CC.CC(C)NC(=O)CCN1CCc2ccccc21.CC(C)NC(=O)CCN1CCc2ccccc21.CC(C)NC(=O)CCn1ccc2ccccc21.CC(C)NCCN1CCc2ccccc21.CC(C)NCCN1CCc2ccccc21.CC(C)NCCn1ccc2ccccc21.Cl.c1ccc2[nH]ccc2c1. The van der Waals surface area contributed by atoms with Gasteiger partial charge < -0.3 is 65.6 Å². The molecule has 0 unspecified atom stereocenters. The number of rotatable bonds is 24. The summed E-state index contributed by atoms with van der Waals surface area (Å²) in [6, 6.07) is 68.0. The fourth-order valence-corrected chi connectivity index (χ4v) is 13.5. The predicted molar refractivity (Wildman–Crippen MR) is 674 cm³/mol. The molecule has 7 N–H and O–H groups in total. The van der Waals surface area contributed by atoms with E-state index >= 15 is 0 Å². The first-order valence-corrected chi connectivity index (χ1v) is 57.8. The van der Waals surface area contributed by atoms with E-state index in [-0.39, 0.29) is 55.7 Å². The van der Waals surface area contributed by atoms with Gasteiger partial charge in [0.15, 0.2) is 0 Å². The number of nitrogens with zero attached hydrogens (tertiary/aromatic N) is 6. The molecule has 16 nitrogen and oxygen atoms in total. The Morgan fingerprint density at radius 2 is 0.476 bits per heavy atom. The Balaban J connectivity index is -0.000000109. The van der Waals surface area contributed by atoms with Gasteiger partial charge in [-0.3, -0.25) is 14.4 Å². The molecule has 10 aromatic rings. The first kappa shape index (κ1) is 166. The number of H-pyrrole nitrogens is 1. The summed E-state index contributed by atoms with van der Waals surface area (Å²) in [7, 11) is 0. The maximum Gasteiger partial charge on any atom is 0.221 e. The molecule has 4 aliphatic rings. The average Bonchev–Trinajstić information content (AvgIpc) is 1.70. The zero-order valence-corrected chi connectivity index (χ0v) is 104. The third-order valence-electron chi connectivity index (χ3n) is 18.7. The lowest BCUT2D eigenvalue weighted by Crippen LogP contribution is -2.34. The summed E-state index contributed by atoms with van der Waals surface area (Å²) in [4.78, 5) is 47.4. The number of carbonyl (C=O) groups excluding carboxylic acids is 3. The number of amides is 3. The monoisotopic (exact) mass is 2040 g/mol. The van der Waals surface area contributed by atoms with Crippen LogP contribution in [0.15, 0.2) is 207 Å². The van der Waals surface area contributed by atoms with Crippen LogP contribution < -0.4 is 51.5 Å². The van der Waals surface area contributed by atoms with Gasteiger partial charge in [0.1, 0.15) is 0 Å². The number of nitrogens with one attached hydrogen (secondary N) is 7. The second-order valence-electron chi connectivity index (χ2n) is 29.4. The summed E-state index contributed by atoms with van der Waals surface area (Å²) >= 11 is 0. The van der Waals surface area contributed by atoms with Crippen LogP contribution in [-0.2, 0) is 53.2 Å². The molecule has 0 saturated carbocycles. The molecular weight excluding hydrogens is 1800 g/mol. The Bertz CT molecular complexity index is 4030. The normalized spacial score (nSPS) is 10.2. The molecule has 3 aromatic heterocycles. The number of hydrogen-bond acceptors (Lipinski definition) is 10. The van der Waals surface area contributed by atoms with Crippen LogP contribution in [0.5, 0.6) is 0 Å². The van der Waals surface area contributed by atoms with Crippen molar-refractivity contribution in [1.82, 2.24) is 46.0 Å². The highest BCUT2D eigenvalue weighted by molar-refractivity contribution is 5.85. The van der Waals surface area contributed by atoms with E-state index in [0.29, 0.717) is 37.4 Å². The van der Waals surface area contributed by atoms with Gasteiger partial charge in [0, 0.05) is 198 Å². The zero-order chi connectivity index (χ0) is 113. The molecule has 145 heavy (non-hydrogen) atoms. The second-order valence-corrected chi connectivity index (χ2v) is 29.4. The van der Waals surface area contributed by atoms with E-state index in [2.05, 4.69) is 277 Å². The van der Waals surface area contributed by atoms with Crippen molar-refractivity contribution in [2.24, 2.45) is 0 Å². The highest BCUT2D eigenvalue weighted by Crippen LogP contribution is 2.31. The minimum Gasteiger partial charge on any atom is -0.370 e. The minimum atomic E-state index is 0. The van der Waals surface area contributed by atoms with Gasteiger partial charge in [-0.05, 0) is 166 Å². The summed E-state index contributed by atoms with van der Waals surface area (Å²) in [5, 5.41) is 22.9. The number of aromatic nitrogens is 3. The summed E-state index contributed by atoms with van der Waals surface area (Å²) in [5.41, 5.74) is 15.0. The van der Waals surface area contributed by atoms with Crippen LogP contribution in [0.1, 0.15) is 395 Å². The zero-order valence-electron chi connectivity index (χ0n) is 104. The smallest absolute Gasteiger partial charge is 0.221 e. The maximum atomic E-state index is 11.6. The van der Waals surface area contributed by atoms with Gasteiger partial charge in [-0.1, -0.05) is 439 Å². The average molecular weight is 2050 g/mol. The van der Waals surface area contributed by atoms with E-state index in [9.17, 15) is 14.4 Å². The van der Waals surface area contributed by atoms with E-state index in [1.54, 1.807) is 0 Å². The largest absolute Gasteiger partial charge is 0.370 e. The lowest BCUT2D eigenvalue weighted by atomic mass is 10.2. The van der Waals surface area contributed by atoms with Gasteiger partial charge in [0.05, 0.1) is 0 Å². The first-order valence-electron chi connectivity index (χ1n) is 57.8. The van der Waals surface area contributed by atoms with E-state index in [4.69, 9.17) is 0 Å². The van der Waals surface area contributed by atoms with E-state index in [1.807, 2.05) is 341 Å². The lowest BCUT2D eigenvalue weighted by molar-refractivity contribution is -0.122. The van der Waals surface area contributed by atoms with Gasteiger partial charge in [-0.15, -0.1) is 12.4 Å². The molecule has 844 valence electrons. The van der Waals surface area contributed by atoms with Crippen LogP contribution in [-0.4, -0.2) is 140 Å². The maximum absolute atomic E-state index is 11.6. The van der Waals surface area contributed by atoms with E-state index in [1.165, 1.54) is 104 Å². The van der Waals surface area contributed by atoms with Crippen molar-refractivity contribution in [2.45, 2.75) is 448 Å². The molecule has 0 fully saturated rings. The van der Waals surface area contributed by atoms with Crippen LogP contribution in [0.2, 0.25) is 0 Å². The molecule has 7 aromatic carbocycles. The summed E-state index contributed by atoms with van der Waals surface area (Å²) in [6.07, 6.45) is 12.4. The Morgan fingerprint density at radius 3 is 0.738 bits per heavy atom. The van der Waals surface area contributed by atoms with Crippen molar-refractivity contribution in [1.29, 1.82) is 0 Å². The van der Waals surface area contributed by atoms with Gasteiger partial charge in [-0.25, -0.2) is 0 Å². The fourth-order valence-electron chi connectivity index (χ4n) is 13.5. The number of anilines is 4. The molecule has 3 amide bonds. The second kappa shape index (κ2) is 125. The first-order chi connectivity index (χ1) is 69.8. The quantitative estimate of drug-likeness (QED) is 0.0310. The minimum absolute atomic E-state index is 0.